The van der Waals surface area contributed by atoms with Crippen molar-refractivity contribution in [1.29, 1.82) is 0 Å². The lowest BCUT2D eigenvalue weighted by Gasteiger charge is -2.21. The van der Waals surface area contributed by atoms with E-state index < -0.39 is 0 Å². The number of aromatic nitrogens is 1. The van der Waals surface area contributed by atoms with E-state index in [1.165, 1.54) is 0 Å². The molecule has 0 bridgehead atoms. The number of nitrogens with one attached hydrogen (secondary N) is 1. The fourth-order valence-corrected chi connectivity index (χ4v) is 1.51. The second kappa shape index (κ2) is 6.33. The molecule has 1 aromatic rings. The third kappa shape index (κ3) is 3.70. The highest BCUT2D eigenvalue weighted by atomic mass is 35.5. The summed E-state index contributed by atoms with van der Waals surface area (Å²) in [4.78, 5) is 17.5. The Morgan fingerprint density at radius 2 is 2.25 bits per heavy atom. The fraction of sp³-hybridized carbons (Fsp3) is 0.455. The Kier molecular flexibility index (Phi) is 5.05. The van der Waals surface area contributed by atoms with Crippen molar-refractivity contribution in [3.63, 3.8) is 0 Å². The summed E-state index contributed by atoms with van der Waals surface area (Å²) in [6.07, 6.45) is 0. The Labute approximate surface area is 101 Å². The van der Waals surface area contributed by atoms with Crippen molar-refractivity contribution in [3.8, 4) is 0 Å². The molecule has 4 nitrogen and oxygen atoms in total. The lowest BCUT2D eigenvalue weighted by Crippen LogP contribution is -2.37. The van der Waals surface area contributed by atoms with Crippen LogP contribution < -0.4 is 10.2 Å². The quantitative estimate of drug-likeness (QED) is 0.799. The molecule has 88 valence electrons. The molecule has 0 aliphatic carbocycles. The van der Waals surface area contributed by atoms with Crippen LogP contribution in [0.1, 0.15) is 13.8 Å². The van der Waals surface area contributed by atoms with Gasteiger partial charge < -0.3 is 10.2 Å². The van der Waals surface area contributed by atoms with Crippen molar-refractivity contribution in [2.45, 2.75) is 13.8 Å². The van der Waals surface area contributed by atoms with E-state index in [9.17, 15) is 4.79 Å². The average Bonchev–Trinajstić information content (AvgIpc) is 2.26. The second-order valence-corrected chi connectivity index (χ2v) is 3.67. The molecule has 0 radical (unpaired) electrons. The molecule has 0 aromatic carbocycles. The standard InChI is InChI=1S/C11H16ClN3O/c1-3-13-11(16)8-15(4-2)10-7-5-6-9(12)14-10/h5-7H,3-4,8H2,1-2H3,(H,13,16). The normalized spacial score (nSPS) is 9.94. The van der Waals surface area contributed by atoms with Crippen LogP contribution >= 0.6 is 11.6 Å². The number of anilines is 1. The number of carbonyl (C=O) groups excluding carboxylic acids is 1. The highest BCUT2D eigenvalue weighted by Gasteiger charge is 2.10. The van der Waals surface area contributed by atoms with E-state index in [4.69, 9.17) is 11.6 Å². The number of halogens is 1. The first-order valence-electron chi connectivity index (χ1n) is 5.31. The molecule has 1 amide bonds. The third-order valence-electron chi connectivity index (χ3n) is 2.11. The summed E-state index contributed by atoms with van der Waals surface area (Å²) in [6.45, 7) is 5.52. The first-order chi connectivity index (χ1) is 7.67. The predicted molar refractivity (Wildman–Crippen MR) is 65.8 cm³/mol. The van der Waals surface area contributed by atoms with Crippen molar-refractivity contribution < 1.29 is 4.79 Å². The van der Waals surface area contributed by atoms with Gasteiger partial charge in [0, 0.05) is 13.1 Å². The Bertz CT molecular complexity index is 357. The summed E-state index contributed by atoms with van der Waals surface area (Å²) < 4.78 is 0. The fourth-order valence-electron chi connectivity index (χ4n) is 1.35. The molecule has 1 aromatic heterocycles. The molecule has 16 heavy (non-hydrogen) atoms. The smallest absolute Gasteiger partial charge is 0.239 e. The van der Waals surface area contributed by atoms with Gasteiger partial charge in [0.1, 0.15) is 11.0 Å². The van der Waals surface area contributed by atoms with E-state index >= 15 is 0 Å². The molecule has 0 spiro atoms. The maximum absolute atomic E-state index is 11.5. The first-order valence-corrected chi connectivity index (χ1v) is 5.69. The van der Waals surface area contributed by atoms with Gasteiger partial charge in [-0.15, -0.1) is 0 Å². The van der Waals surface area contributed by atoms with Gasteiger partial charge in [-0.1, -0.05) is 17.7 Å². The van der Waals surface area contributed by atoms with E-state index in [0.29, 0.717) is 24.8 Å². The van der Waals surface area contributed by atoms with E-state index in [2.05, 4.69) is 10.3 Å². The lowest BCUT2D eigenvalue weighted by atomic mass is 10.4. The van der Waals surface area contributed by atoms with E-state index in [1.807, 2.05) is 30.9 Å². The summed E-state index contributed by atoms with van der Waals surface area (Å²) in [5.41, 5.74) is 0. The van der Waals surface area contributed by atoms with Crippen molar-refractivity contribution in [1.82, 2.24) is 10.3 Å². The summed E-state index contributed by atoms with van der Waals surface area (Å²) in [7, 11) is 0. The topological polar surface area (TPSA) is 45.2 Å². The zero-order valence-corrected chi connectivity index (χ0v) is 10.3. The van der Waals surface area contributed by atoms with Crippen molar-refractivity contribution >= 4 is 23.3 Å². The number of likely N-dealkylation sites (N-methyl/N-ethyl adjacent to an activating group) is 2. The third-order valence-corrected chi connectivity index (χ3v) is 2.33. The molecular formula is C11H16ClN3O. The number of carbonyl (C=O) groups is 1. The van der Waals surface area contributed by atoms with Crippen molar-refractivity contribution in [2.75, 3.05) is 24.5 Å². The van der Waals surface area contributed by atoms with Crippen LogP contribution in [0.3, 0.4) is 0 Å². The Morgan fingerprint density at radius 1 is 1.50 bits per heavy atom. The van der Waals surface area contributed by atoms with Crippen LogP contribution in [0.25, 0.3) is 0 Å². The van der Waals surface area contributed by atoms with Gasteiger partial charge in [-0.05, 0) is 26.0 Å². The van der Waals surface area contributed by atoms with Crippen LogP contribution in [0, 0.1) is 0 Å². The number of rotatable bonds is 5. The molecule has 0 atom stereocenters. The molecule has 0 fully saturated rings. The molecule has 0 unspecified atom stereocenters. The molecule has 0 saturated carbocycles. The van der Waals surface area contributed by atoms with Gasteiger partial charge in [-0.3, -0.25) is 4.79 Å². The van der Waals surface area contributed by atoms with E-state index in [1.54, 1.807) is 6.07 Å². The Balaban J connectivity index is 2.70. The molecule has 1 rings (SSSR count). The minimum Gasteiger partial charge on any atom is -0.355 e. The molecule has 0 aliphatic heterocycles. The maximum Gasteiger partial charge on any atom is 0.239 e. The first kappa shape index (κ1) is 12.8. The predicted octanol–water partition coefficient (Wildman–Crippen LogP) is 1.70. The number of nitrogens with zero attached hydrogens (tertiary/aromatic N) is 2. The SMILES string of the molecule is CCNC(=O)CN(CC)c1cccc(Cl)n1. The van der Waals surface area contributed by atoms with Crippen LogP contribution in [-0.2, 0) is 4.79 Å². The molecule has 1 N–H and O–H groups in total. The van der Waals surface area contributed by atoms with Crippen LogP contribution in [-0.4, -0.2) is 30.5 Å². The second-order valence-electron chi connectivity index (χ2n) is 3.29. The van der Waals surface area contributed by atoms with Crippen molar-refractivity contribution in [2.24, 2.45) is 0 Å². The minimum atomic E-state index is -0.00822. The molecule has 0 aliphatic rings. The summed E-state index contributed by atoms with van der Waals surface area (Å²) >= 11 is 5.81. The number of amides is 1. The Hall–Kier alpha value is -1.29. The van der Waals surface area contributed by atoms with Gasteiger partial charge in [0.15, 0.2) is 0 Å². The van der Waals surface area contributed by atoms with Crippen LogP contribution in [0.5, 0.6) is 0 Å². The monoisotopic (exact) mass is 241 g/mol. The van der Waals surface area contributed by atoms with Gasteiger partial charge in [-0.25, -0.2) is 4.98 Å². The largest absolute Gasteiger partial charge is 0.355 e. The lowest BCUT2D eigenvalue weighted by molar-refractivity contribution is -0.119. The van der Waals surface area contributed by atoms with Gasteiger partial charge in [0.2, 0.25) is 5.91 Å². The highest BCUT2D eigenvalue weighted by Crippen LogP contribution is 2.13. The Morgan fingerprint density at radius 3 is 2.81 bits per heavy atom. The number of hydrogen-bond acceptors (Lipinski definition) is 3. The zero-order chi connectivity index (χ0) is 12.0. The minimum absolute atomic E-state index is 0.00822. The highest BCUT2D eigenvalue weighted by molar-refractivity contribution is 6.29. The molecule has 1 heterocycles. The molecular weight excluding hydrogens is 226 g/mol. The van der Waals surface area contributed by atoms with Crippen LogP contribution in [0.15, 0.2) is 18.2 Å². The summed E-state index contributed by atoms with van der Waals surface area (Å²) in [5.74, 6) is 0.715. The van der Waals surface area contributed by atoms with E-state index in [0.717, 1.165) is 5.82 Å². The molecule has 0 saturated heterocycles. The maximum atomic E-state index is 11.5. The van der Waals surface area contributed by atoms with Crippen molar-refractivity contribution in [3.05, 3.63) is 23.4 Å². The average molecular weight is 242 g/mol. The summed E-state index contributed by atoms with van der Waals surface area (Å²) in [5, 5.41) is 3.19. The summed E-state index contributed by atoms with van der Waals surface area (Å²) in [6, 6.07) is 5.38. The van der Waals surface area contributed by atoms with E-state index in [-0.39, 0.29) is 5.91 Å². The van der Waals surface area contributed by atoms with Gasteiger partial charge in [0.25, 0.3) is 0 Å². The van der Waals surface area contributed by atoms with Crippen LogP contribution in [0.4, 0.5) is 5.82 Å². The number of hydrogen-bond donors (Lipinski definition) is 1. The van der Waals surface area contributed by atoms with Gasteiger partial charge in [-0.2, -0.15) is 0 Å². The van der Waals surface area contributed by atoms with Gasteiger partial charge in [0.05, 0.1) is 6.54 Å². The van der Waals surface area contributed by atoms with Gasteiger partial charge >= 0.3 is 0 Å². The van der Waals surface area contributed by atoms with Crippen LogP contribution in [0.2, 0.25) is 5.15 Å². The molecule has 5 heteroatoms. The zero-order valence-electron chi connectivity index (χ0n) is 9.53. The number of pyridine rings is 1.